The zero-order chi connectivity index (χ0) is 12.0. The maximum Gasteiger partial charge on any atom is 0.115 e. The van der Waals surface area contributed by atoms with E-state index in [4.69, 9.17) is 5.73 Å². The van der Waals surface area contributed by atoms with Crippen molar-refractivity contribution in [3.8, 4) is 5.75 Å². The zero-order valence-electron chi connectivity index (χ0n) is 10.2. The lowest BCUT2D eigenvalue weighted by atomic mass is 10.1. The Bertz CT molecular complexity index is 295. The Balaban J connectivity index is 2.56. The van der Waals surface area contributed by atoms with E-state index >= 15 is 0 Å². The summed E-state index contributed by atoms with van der Waals surface area (Å²) < 4.78 is 0. The van der Waals surface area contributed by atoms with E-state index in [1.54, 1.807) is 12.1 Å². The van der Waals surface area contributed by atoms with E-state index in [1.165, 1.54) is 5.56 Å². The first-order valence-electron chi connectivity index (χ1n) is 5.82. The SMILES string of the molecule is CC(C)CN(CCN)Cc1ccc(O)cc1. The highest BCUT2D eigenvalue weighted by molar-refractivity contribution is 5.25. The maximum atomic E-state index is 9.21. The molecule has 90 valence electrons. The second-order valence-electron chi connectivity index (χ2n) is 4.58. The monoisotopic (exact) mass is 222 g/mol. The summed E-state index contributed by atoms with van der Waals surface area (Å²) in [6, 6.07) is 7.37. The minimum Gasteiger partial charge on any atom is -0.508 e. The first kappa shape index (κ1) is 13.0. The molecule has 0 fully saturated rings. The van der Waals surface area contributed by atoms with Gasteiger partial charge < -0.3 is 10.8 Å². The summed E-state index contributed by atoms with van der Waals surface area (Å²) >= 11 is 0. The summed E-state index contributed by atoms with van der Waals surface area (Å²) in [7, 11) is 0. The van der Waals surface area contributed by atoms with E-state index in [1.807, 2.05) is 12.1 Å². The summed E-state index contributed by atoms with van der Waals surface area (Å²) in [5.74, 6) is 0.960. The maximum absolute atomic E-state index is 9.21. The van der Waals surface area contributed by atoms with Gasteiger partial charge in [-0.2, -0.15) is 0 Å². The molecule has 0 radical (unpaired) electrons. The molecule has 0 saturated carbocycles. The first-order valence-corrected chi connectivity index (χ1v) is 5.82. The van der Waals surface area contributed by atoms with E-state index in [2.05, 4.69) is 18.7 Å². The Kier molecular flexibility index (Phi) is 5.29. The molecule has 1 aromatic carbocycles. The third-order valence-electron chi connectivity index (χ3n) is 2.41. The smallest absolute Gasteiger partial charge is 0.115 e. The Morgan fingerprint density at radius 3 is 2.38 bits per heavy atom. The molecule has 0 heterocycles. The third-order valence-corrected chi connectivity index (χ3v) is 2.41. The Hall–Kier alpha value is -1.06. The molecule has 1 rings (SSSR count). The summed E-state index contributed by atoms with van der Waals surface area (Å²) in [6.07, 6.45) is 0. The molecule has 0 spiro atoms. The van der Waals surface area contributed by atoms with Crippen molar-refractivity contribution >= 4 is 0 Å². The van der Waals surface area contributed by atoms with Gasteiger partial charge in [0, 0.05) is 26.2 Å². The fraction of sp³-hybridized carbons (Fsp3) is 0.538. The van der Waals surface area contributed by atoms with Gasteiger partial charge in [-0.3, -0.25) is 4.90 Å². The molecule has 0 atom stereocenters. The van der Waals surface area contributed by atoms with Gasteiger partial charge in [0.15, 0.2) is 0 Å². The lowest BCUT2D eigenvalue weighted by Gasteiger charge is -2.23. The molecular formula is C13H22N2O. The Morgan fingerprint density at radius 1 is 1.25 bits per heavy atom. The fourth-order valence-corrected chi connectivity index (χ4v) is 1.79. The van der Waals surface area contributed by atoms with Crippen molar-refractivity contribution in [2.24, 2.45) is 11.7 Å². The average molecular weight is 222 g/mol. The van der Waals surface area contributed by atoms with Crippen LogP contribution in [0.1, 0.15) is 19.4 Å². The van der Waals surface area contributed by atoms with E-state index in [-0.39, 0.29) is 0 Å². The summed E-state index contributed by atoms with van der Waals surface area (Å²) in [5, 5.41) is 9.21. The Morgan fingerprint density at radius 2 is 1.88 bits per heavy atom. The molecule has 0 aliphatic heterocycles. The molecule has 16 heavy (non-hydrogen) atoms. The molecule has 3 heteroatoms. The number of nitrogens with two attached hydrogens (primary N) is 1. The van der Waals surface area contributed by atoms with Crippen molar-refractivity contribution < 1.29 is 5.11 Å². The fourth-order valence-electron chi connectivity index (χ4n) is 1.79. The van der Waals surface area contributed by atoms with Gasteiger partial charge in [-0.15, -0.1) is 0 Å². The molecule has 0 aliphatic carbocycles. The number of hydrogen-bond donors (Lipinski definition) is 2. The summed E-state index contributed by atoms with van der Waals surface area (Å²) in [4.78, 5) is 2.34. The summed E-state index contributed by atoms with van der Waals surface area (Å²) in [5.41, 5.74) is 6.82. The molecule has 3 N–H and O–H groups in total. The van der Waals surface area contributed by atoms with Crippen LogP contribution in [0.5, 0.6) is 5.75 Å². The van der Waals surface area contributed by atoms with E-state index < -0.39 is 0 Å². The molecule has 0 bridgehead atoms. The number of aromatic hydroxyl groups is 1. The van der Waals surface area contributed by atoms with Crippen LogP contribution in [0.15, 0.2) is 24.3 Å². The predicted octanol–water partition coefficient (Wildman–Crippen LogP) is 1.81. The van der Waals surface area contributed by atoms with Crippen molar-refractivity contribution in [2.45, 2.75) is 20.4 Å². The normalized spacial score (nSPS) is 11.3. The van der Waals surface area contributed by atoms with Gasteiger partial charge in [-0.05, 0) is 23.6 Å². The average Bonchev–Trinajstić information content (AvgIpc) is 2.21. The van der Waals surface area contributed by atoms with Crippen LogP contribution in [0.3, 0.4) is 0 Å². The number of phenolic OH excluding ortho intramolecular Hbond substituents is 1. The van der Waals surface area contributed by atoms with Crippen LogP contribution in [0.25, 0.3) is 0 Å². The van der Waals surface area contributed by atoms with Gasteiger partial charge in [-0.1, -0.05) is 26.0 Å². The number of benzene rings is 1. The van der Waals surface area contributed by atoms with Gasteiger partial charge >= 0.3 is 0 Å². The molecule has 0 saturated heterocycles. The van der Waals surface area contributed by atoms with Crippen molar-refractivity contribution in [2.75, 3.05) is 19.6 Å². The van der Waals surface area contributed by atoms with Crippen LogP contribution in [0, 0.1) is 5.92 Å². The molecule has 0 aliphatic rings. The largest absolute Gasteiger partial charge is 0.508 e. The third kappa shape index (κ3) is 4.64. The molecule has 0 amide bonds. The highest BCUT2D eigenvalue weighted by Gasteiger charge is 2.07. The van der Waals surface area contributed by atoms with Crippen molar-refractivity contribution in [1.29, 1.82) is 0 Å². The number of phenols is 1. The zero-order valence-corrected chi connectivity index (χ0v) is 10.2. The molecular weight excluding hydrogens is 200 g/mol. The van der Waals surface area contributed by atoms with Crippen LogP contribution in [-0.2, 0) is 6.54 Å². The number of hydrogen-bond acceptors (Lipinski definition) is 3. The minimum atomic E-state index is 0.318. The van der Waals surface area contributed by atoms with Gasteiger partial charge in [0.2, 0.25) is 0 Å². The van der Waals surface area contributed by atoms with Crippen molar-refractivity contribution in [3.63, 3.8) is 0 Å². The summed E-state index contributed by atoms with van der Waals surface area (Å²) in [6.45, 7) is 7.97. The van der Waals surface area contributed by atoms with Gasteiger partial charge in [-0.25, -0.2) is 0 Å². The standard InChI is InChI=1S/C13H22N2O/c1-11(2)9-15(8-7-14)10-12-3-5-13(16)6-4-12/h3-6,11,16H,7-10,14H2,1-2H3. The van der Waals surface area contributed by atoms with Gasteiger partial charge in [0.05, 0.1) is 0 Å². The molecule has 0 unspecified atom stereocenters. The topological polar surface area (TPSA) is 49.5 Å². The highest BCUT2D eigenvalue weighted by atomic mass is 16.3. The van der Waals surface area contributed by atoms with Crippen LogP contribution in [0.4, 0.5) is 0 Å². The highest BCUT2D eigenvalue weighted by Crippen LogP contribution is 2.12. The van der Waals surface area contributed by atoms with Crippen molar-refractivity contribution in [3.05, 3.63) is 29.8 Å². The van der Waals surface area contributed by atoms with Crippen LogP contribution >= 0.6 is 0 Å². The Labute approximate surface area is 97.9 Å². The number of nitrogens with zero attached hydrogens (tertiary/aromatic N) is 1. The van der Waals surface area contributed by atoms with Gasteiger partial charge in [0.1, 0.15) is 5.75 Å². The van der Waals surface area contributed by atoms with Crippen molar-refractivity contribution in [1.82, 2.24) is 4.90 Å². The lowest BCUT2D eigenvalue weighted by molar-refractivity contribution is 0.242. The van der Waals surface area contributed by atoms with E-state index in [0.717, 1.165) is 19.6 Å². The molecule has 3 nitrogen and oxygen atoms in total. The van der Waals surface area contributed by atoms with Crippen LogP contribution < -0.4 is 5.73 Å². The van der Waals surface area contributed by atoms with Gasteiger partial charge in [0.25, 0.3) is 0 Å². The van der Waals surface area contributed by atoms with E-state index in [0.29, 0.717) is 18.2 Å². The second kappa shape index (κ2) is 6.51. The second-order valence-corrected chi connectivity index (χ2v) is 4.58. The lowest BCUT2D eigenvalue weighted by Crippen LogP contribution is -2.32. The molecule has 0 aromatic heterocycles. The predicted molar refractivity (Wildman–Crippen MR) is 67.3 cm³/mol. The minimum absolute atomic E-state index is 0.318. The quantitative estimate of drug-likeness (QED) is 0.771. The molecule has 1 aromatic rings. The first-order chi connectivity index (χ1) is 7.61. The van der Waals surface area contributed by atoms with E-state index in [9.17, 15) is 5.11 Å². The van der Waals surface area contributed by atoms with Crippen LogP contribution in [0.2, 0.25) is 0 Å². The van der Waals surface area contributed by atoms with Crippen LogP contribution in [-0.4, -0.2) is 29.6 Å². The number of rotatable bonds is 6.